The monoisotopic (exact) mass is 288 g/mol. The Morgan fingerprint density at radius 2 is 2.05 bits per heavy atom. The Morgan fingerprint density at radius 3 is 2.86 bits per heavy atom. The van der Waals surface area contributed by atoms with Crippen LogP contribution in [-0.4, -0.2) is 28.0 Å². The molecule has 1 atom stereocenters. The molecule has 0 radical (unpaired) electrons. The van der Waals surface area contributed by atoms with E-state index in [1.54, 1.807) is 6.20 Å². The van der Waals surface area contributed by atoms with Gasteiger partial charge in [-0.15, -0.1) is 0 Å². The van der Waals surface area contributed by atoms with Crippen molar-refractivity contribution in [1.82, 2.24) is 15.0 Å². The molecule has 1 saturated heterocycles. The summed E-state index contributed by atoms with van der Waals surface area (Å²) in [7, 11) is 0. The topological polar surface area (TPSA) is 41.9 Å². The molecule has 3 rings (SSSR count). The fraction of sp³-hybridized carbons (Fsp3) is 0.562. The molecule has 0 aliphatic carbocycles. The molecular formula is C16H21FN4. The highest BCUT2D eigenvalue weighted by molar-refractivity contribution is 5.91. The third-order valence-electron chi connectivity index (χ3n) is 4.39. The summed E-state index contributed by atoms with van der Waals surface area (Å²) in [5.74, 6) is 1.29. The van der Waals surface area contributed by atoms with Gasteiger partial charge in [0.05, 0.1) is 10.9 Å². The third kappa shape index (κ3) is 2.69. The fourth-order valence-electron chi connectivity index (χ4n) is 3.05. The predicted molar refractivity (Wildman–Crippen MR) is 82.0 cm³/mol. The van der Waals surface area contributed by atoms with Crippen molar-refractivity contribution in [3.05, 3.63) is 23.5 Å². The van der Waals surface area contributed by atoms with E-state index in [4.69, 9.17) is 0 Å². The number of hydrogen-bond donors (Lipinski definition) is 0. The number of fused-ring (bicyclic) bond motifs is 1. The van der Waals surface area contributed by atoms with Crippen LogP contribution in [0.1, 0.15) is 37.4 Å². The number of anilines is 1. The van der Waals surface area contributed by atoms with E-state index in [1.165, 1.54) is 12.8 Å². The average Bonchev–Trinajstić information content (AvgIpc) is 2.67. The van der Waals surface area contributed by atoms with Gasteiger partial charge in [-0.2, -0.15) is 9.37 Å². The Labute approximate surface area is 124 Å². The third-order valence-corrected chi connectivity index (χ3v) is 4.39. The Bertz CT molecular complexity index is 671. The van der Waals surface area contributed by atoms with E-state index in [0.717, 1.165) is 36.2 Å². The predicted octanol–water partition coefficient (Wildman–Crippen LogP) is 3.41. The molecule has 1 unspecified atom stereocenters. The highest BCUT2D eigenvalue weighted by atomic mass is 19.1. The number of aromatic nitrogens is 3. The number of aryl methyl sites for hydroxylation is 2. The number of halogens is 1. The maximum Gasteiger partial charge on any atom is 0.311 e. The molecule has 3 heterocycles. The van der Waals surface area contributed by atoms with Crippen molar-refractivity contribution >= 4 is 16.7 Å². The zero-order chi connectivity index (χ0) is 15.0. The van der Waals surface area contributed by atoms with E-state index in [2.05, 4.69) is 26.8 Å². The van der Waals surface area contributed by atoms with Crippen LogP contribution in [0.2, 0.25) is 0 Å². The van der Waals surface area contributed by atoms with Crippen LogP contribution in [0.4, 0.5) is 10.2 Å². The van der Waals surface area contributed by atoms with Gasteiger partial charge in [0, 0.05) is 25.0 Å². The van der Waals surface area contributed by atoms with Crippen molar-refractivity contribution in [3.63, 3.8) is 0 Å². The normalized spacial score (nSPS) is 19.8. The number of nitrogens with zero attached hydrogens (tertiary/aromatic N) is 4. The highest BCUT2D eigenvalue weighted by Gasteiger charge is 2.20. The molecule has 0 bridgehead atoms. The molecule has 5 heteroatoms. The molecule has 1 fully saturated rings. The minimum absolute atomic E-state index is 0.597. The van der Waals surface area contributed by atoms with Crippen LogP contribution in [0.15, 0.2) is 6.20 Å². The number of hydrogen-bond acceptors (Lipinski definition) is 4. The minimum Gasteiger partial charge on any atom is -0.356 e. The average molecular weight is 288 g/mol. The summed E-state index contributed by atoms with van der Waals surface area (Å²) in [5, 5.41) is 0.855. The molecule has 0 amide bonds. The SMILES string of the molecule is Cc1ncc2c(N3CCCCC(C)C3)nc(F)nc2c1C. The molecule has 0 aromatic carbocycles. The molecular weight excluding hydrogens is 267 g/mol. The van der Waals surface area contributed by atoms with Crippen LogP contribution in [0.3, 0.4) is 0 Å². The molecule has 21 heavy (non-hydrogen) atoms. The summed E-state index contributed by atoms with van der Waals surface area (Å²) in [6, 6.07) is 0. The molecule has 0 saturated carbocycles. The first kappa shape index (κ1) is 14.2. The van der Waals surface area contributed by atoms with Gasteiger partial charge in [-0.05, 0) is 38.2 Å². The van der Waals surface area contributed by atoms with Gasteiger partial charge in [0.1, 0.15) is 5.82 Å². The largest absolute Gasteiger partial charge is 0.356 e. The lowest BCUT2D eigenvalue weighted by Crippen LogP contribution is -2.28. The van der Waals surface area contributed by atoms with Gasteiger partial charge in [-0.1, -0.05) is 13.3 Å². The zero-order valence-corrected chi connectivity index (χ0v) is 12.9. The van der Waals surface area contributed by atoms with Crippen LogP contribution in [0.25, 0.3) is 10.9 Å². The van der Waals surface area contributed by atoms with E-state index < -0.39 is 6.08 Å². The minimum atomic E-state index is -0.650. The van der Waals surface area contributed by atoms with E-state index in [-0.39, 0.29) is 0 Å². The van der Waals surface area contributed by atoms with E-state index in [9.17, 15) is 4.39 Å². The summed E-state index contributed by atoms with van der Waals surface area (Å²) in [5.41, 5.74) is 2.50. The van der Waals surface area contributed by atoms with Crippen LogP contribution in [0, 0.1) is 25.8 Å². The van der Waals surface area contributed by atoms with Crippen LogP contribution in [-0.2, 0) is 0 Å². The zero-order valence-electron chi connectivity index (χ0n) is 12.9. The lowest BCUT2D eigenvalue weighted by atomic mass is 10.1. The van der Waals surface area contributed by atoms with E-state index >= 15 is 0 Å². The Morgan fingerprint density at radius 1 is 1.24 bits per heavy atom. The van der Waals surface area contributed by atoms with Gasteiger partial charge >= 0.3 is 6.08 Å². The van der Waals surface area contributed by atoms with Gasteiger partial charge in [0.15, 0.2) is 0 Å². The van der Waals surface area contributed by atoms with Gasteiger partial charge in [0.25, 0.3) is 0 Å². The Kier molecular flexibility index (Phi) is 3.74. The number of pyridine rings is 1. The summed E-state index contributed by atoms with van der Waals surface area (Å²) >= 11 is 0. The standard InChI is InChI=1S/C16H21FN4/c1-10-6-4-5-7-21(9-10)15-13-8-18-12(3)11(2)14(13)19-16(17)20-15/h8,10H,4-7,9H2,1-3H3. The molecule has 2 aromatic rings. The quantitative estimate of drug-likeness (QED) is 0.754. The van der Waals surface area contributed by atoms with Crippen LogP contribution >= 0.6 is 0 Å². The molecule has 2 aromatic heterocycles. The second-order valence-corrected chi connectivity index (χ2v) is 6.09. The summed E-state index contributed by atoms with van der Waals surface area (Å²) in [6.45, 7) is 7.93. The smallest absolute Gasteiger partial charge is 0.311 e. The lowest BCUT2D eigenvalue weighted by Gasteiger charge is -2.25. The lowest BCUT2D eigenvalue weighted by molar-refractivity contribution is 0.530. The summed E-state index contributed by atoms with van der Waals surface area (Å²) < 4.78 is 13.9. The Balaban J connectivity index is 2.15. The van der Waals surface area contributed by atoms with Crippen molar-refractivity contribution in [2.24, 2.45) is 5.92 Å². The van der Waals surface area contributed by atoms with Crippen molar-refractivity contribution in [2.75, 3.05) is 18.0 Å². The first-order valence-corrected chi connectivity index (χ1v) is 7.60. The second-order valence-electron chi connectivity index (χ2n) is 6.09. The second kappa shape index (κ2) is 5.54. The number of rotatable bonds is 1. The Hall–Kier alpha value is -1.78. The fourth-order valence-corrected chi connectivity index (χ4v) is 3.05. The van der Waals surface area contributed by atoms with Crippen molar-refractivity contribution in [2.45, 2.75) is 40.0 Å². The first-order chi connectivity index (χ1) is 10.1. The van der Waals surface area contributed by atoms with Crippen LogP contribution < -0.4 is 4.90 Å². The van der Waals surface area contributed by atoms with Crippen molar-refractivity contribution in [3.8, 4) is 0 Å². The van der Waals surface area contributed by atoms with Gasteiger partial charge in [0.2, 0.25) is 0 Å². The molecule has 1 aliphatic heterocycles. The molecule has 0 N–H and O–H groups in total. The highest BCUT2D eigenvalue weighted by Crippen LogP contribution is 2.29. The summed E-state index contributed by atoms with van der Waals surface area (Å²) in [4.78, 5) is 14.7. The summed E-state index contributed by atoms with van der Waals surface area (Å²) in [6.07, 6.45) is 4.69. The van der Waals surface area contributed by atoms with Gasteiger partial charge < -0.3 is 4.90 Å². The maximum absolute atomic E-state index is 13.9. The molecule has 112 valence electrons. The van der Waals surface area contributed by atoms with E-state index in [1.807, 2.05) is 13.8 Å². The van der Waals surface area contributed by atoms with E-state index in [0.29, 0.717) is 17.3 Å². The maximum atomic E-state index is 13.9. The van der Waals surface area contributed by atoms with Gasteiger partial charge in [-0.3, -0.25) is 4.98 Å². The van der Waals surface area contributed by atoms with Crippen molar-refractivity contribution < 1.29 is 4.39 Å². The molecule has 4 nitrogen and oxygen atoms in total. The first-order valence-electron chi connectivity index (χ1n) is 7.60. The molecule has 0 spiro atoms. The molecule has 1 aliphatic rings. The van der Waals surface area contributed by atoms with Gasteiger partial charge in [-0.25, -0.2) is 4.98 Å². The van der Waals surface area contributed by atoms with Crippen LogP contribution in [0.5, 0.6) is 0 Å². The van der Waals surface area contributed by atoms with Crippen molar-refractivity contribution in [1.29, 1.82) is 0 Å².